The molecule has 21 heavy (non-hydrogen) atoms. The molecular weight excluding hydrogens is 273 g/mol. The fourth-order valence-electron chi connectivity index (χ4n) is 2.58. The number of carbonyl (C=O) groups is 2. The van der Waals surface area contributed by atoms with E-state index in [1.807, 2.05) is 0 Å². The van der Waals surface area contributed by atoms with Crippen LogP contribution in [0.2, 0.25) is 0 Å². The van der Waals surface area contributed by atoms with Crippen molar-refractivity contribution in [1.82, 2.24) is 5.32 Å². The van der Waals surface area contributed by atoms with Crippen molar-refractivity contribution in [1.29, 1.82) is 0 Å². The first-order valence-corrected chi connectivity index (χ1v) is 6.97. The van der Waals surface area contributed by atoms with Gasteiger partial charge in [-0.25, -0.2) is 4.39 Å². The zero-order valence-electron chi connectivity index (χ0n) is 11.6. The molecular formula is C16H18FNO3. The van der Waals surface area contributed by atoms with Crippen molar-refractivity contribution in [3.8, 4) is 0 Å². The Morgan fingerprint density at radius 3 is 2.43 bits per heavy atom. The van der Waals surface area contributed by atoms with Gasteiger partial charge in [-0.1, -0.05) is 25.0 Å². The highest BCUT2D eigenvalue weighted by Crippen LogP contribution is 2.37. The van der Waals surface area contributed by atoms with E-state index in [9.17, 15) is 19.1 Å². The summed E-state index contributed by atoms with van der Waals surface area (Å²) in [6.45, 7) is 0.148. The summed E-state index contributed by atoms with van der Waals surface area (Å²) < 4.78 is 12.7. The summed E-state index contributed by atoms with van der Waals surface area (Å²) in [4.78, 5) is 23.1. The number of carbonyl (C=O) groups excluding carboxylic acids is 1. The summed E-state index contributed by atoms with van der Waals surface area (Å²) in [6.07, 6.45) is 5.87. The lowest BCUT2D eigenvalue weighted by molar-refractivity contribution is -0.148. The first kappa shape index (κ1) is 15.2. The molecule has 5 heteroatoms. The van der Waals surface area contributed by atoms with E-state index in [0.29, 0.717) is 18.4 Å². The van der Waals surface area contributed by atoms with Crippen molar-refractivity contribution in [2.75, 3.05) is 6.54 Å². The monoisotopic (exact) mass is 291 g/mol. The van der Waals surface area contributed by atoms with Crippen LogP contribution in [0, 0.1) is 11.2 Å². The lowest BCUT2D eigenvalue weighted by Gasteiger charge is -2.23. The van der Waals surface area contributed by atoms with Crippen LogP contribution in [0.5, 0.6) is 0 Å². The minimum absolute atomic E-state index is 0.148. The van der Waals surface area contributed by atoms with E-state index in [-0.39, 0.29) is 18.3 Å². The normalized spacial score (nSPS) is 17.0. The number of nitrogens with one attached hydrogen (secondary N) is 1. The number of hydrogen-bond donors (Lipinski definition) is 2. The Hall–Kier alpha value is -2.17. The number of halogens is 1. The Labute approximate surface area is 122 Å². The molecule has 2 rings (SSSR count). The highest BCUT2D eigenvalue weighted by atomic mass is 19.1. The Morgan fingerprint density at radius 2 is 1.86 bits per heavy atom. The van der Waals surface area contributed by atoms with Gasteiger partial charge in [-0.05, 0) is 36.6 Å². The summed E-state index contributed by atoms with van der Waals surface area (Å²) >= 11 is 0. The fraction of sp³-hybridized carbons (Fsp3) is 0.375. The molecule has 1 fully saturated rings. The van der Waals surface area contributed by atoms with E-state index >= 15 is 0 Å². The third-order valence-corrected chi connectivity index (χ3v) is 3.91. The van der Waals surface area contributed by atoms with Gasteiger partial charge >= 0.3 is 5.97 Å². The van der Waals surface area contributed by atoms with E-state index in [0.717, 1.165) is 12.8 Å². The fourth-order valence-corrected chi connectivity index (χ4v) is 2.58. The number of rotatable bonds is 5. The molecule has 1 saturated carbocycles. The van der Waals surface area contributed by atoms with Gasteiger partial charge < -0.3 is 10.4 Å². The van der Waals surface area contributed by atoms with Gasteiger partial charge in [0.25, 0.3) is 0 Å². The molecule has 1 aromatic rings. The zero-order chi connectivity index (χ0) is 15.3. The predicted molar refractivity (Wildman–Crippen MR) is 77.0 cm³/mol. The maximum Gasteiger partial charge on any atom is 0.311 e. The third-order valence-electron chi connectivity index (χ3n) is 3.91. The van der Waals surface area contributed by atoms with Crippen molar-refractivity contribution in [2.24, 2.45) is 5.41 Å². The standard InChI is InChI=1S/C16H18FNO3/c17-13-6-3-12(4-7-13)5-8-14(19)18-11-16(15(20)21)9-1-2-10-16/h3-8H,1-2,9-11H2,(H,18,19)(H,20,21)/b8-5+. The molecule has 0 spiro atoms. The van der Waals surface area contributed by atoms with E-state index in [1.54, 1.807) is 18.2 Å². The van der Waals surface area contributed by atoms with Crippen molar-refractivity contribution >= 4 is 18.0 Å². The second kappa shape index (κ2) is 6.52. The quantitative estimate of drug-likeness (QED) is 0.819. The number of amides is 1. The Kier molecular flexibility index (Phi) is 4.73. The average Bonchev–Trinajstić information content (AvgIpc) is 2.95. The Balaban J connectivity index is 1.89. The number of hydrogen-bond acceptors (Lipinski definition) is 2. The predicted octanol–water partition coefficient (Wildman–Crippen LogP) is 2.60. The van der Waals surface area contributed by atoms with Crippen LogP contribution < -0.4 is 5.32 Å². The zero-order valence-corrected chi connectivity index (χ0v) is 11.6. The first-order valence-electron chi connectivity index (χ1n) is 6.97. The molecule has 0 atom stereocenters. The molecule has 1 aliphatic rings. The van der Waals surface area contributed by atoms with Crippen molar-refractivity contribution in [3.05, 3.63) is 41.7 Å². The maximum absolute atomic E-state index is 12.7. The smallest absolute Gasteiger partial charge is 0.311 e. The molecule has 0 heterocycles. The van der Waals surface area contributed by atoms with Gasteiger partial charge in [0.2, 0.25) is 5.91 Å². The van der Waals surface area contributed by atoms with Gasteiger partial charge in [-0.3, -0.25) is 9.59 Å². The van der Waals surface area contributed by atoms with Gasteiger partial charge in [0.1, 0.15) is 5.82 Å². The first-order chi connectivity index (χ1) is 10.0. The summed E-state index contributed by atoms with van der Waals surface area (Å²) in [6, 6.07) is 5.76. The summed E-state index contributed by atoms with van der Waals surface area (Å²) in [5.74, 6) is -1.52. The largest absolute Gasteiger partial charge is 0.481 e. The second-order valence-corrected chi connectivity index (χ2v) is 5.40. The van der Waals surface area contributed by atoms with Gasteiger partial charge in [0.05, 0.1) is 5.41 Å². The lowest BCUT2D eigenvalue weighted by Crippen LogP contribution is -2.40. The van der Waals surface area contributed by atoms with Crippen LogP contribution in [0.25, 0.3) is 6.08 Å². The SMILES string of the molecule is O=C(/C=C/c1ccc(F)cc1)NCC1(C(=O)O)CCCC1. The molecule has 4 nitrogen and oxygen atoms in total. The molecule has 0 unspecified atom stereocenters. The van der Waals surface area contributed by atoms with Gasteiger partial charge in [0, 0.05) is 12.6 Å². The molecule has 1 amide bonds. The molecule has 1 aliphatic carbocycles. The highest BCUT2D eigenvalue weighted by Gasteiger charge is 2.41. The van der Waals surface area contributed by atoms with Gasteiger partial charge in [-0.2, -0.15) is 0 Å². The molecule has 112 valence electrons. The van der Waals surface area contributed by atoms with Crippen LogP contribution in [-0.2, 0) is 9.59 Å². The van der Waals surface area contributed by atoms with Crippen molar-refractivity contribution in [3.63, 3.8) is 0 Å². The van der Waals surface area contributed by atoms with Crippen LogP contribution in [0.4, 0.5) is 4.39 Å². The minimum atomic E-state index is -0.845. The molecule has 0 aromatic heterocycles. The highest BCUT2D eigenvalue weighted by molar-refractivity contribution is 5.92. The number of carboxylic acid groups (broad SMARTS) is 1. The number of carboxylic acids is 1. The number of benzene rings is 1. The Morgan fingerprint density at radius 1 is 1.24 bits per heavy atom. The van der Waals surface area contributed by atoms with E-state index < -0.39 is 11.4 Å². The van der Waals surface area contributed by atoms with Crippen LogP contribution in [0.1, 0.15) is 31.2 Å². The van der Waals surface area contributed by atoms with Crippen LogP contribution in [0.3, 0.4) is 0 Å². The van der Waals surface area contributed by atoms with Crippen LogP contribution in [0.15, 0.2) is 30.3 Å². The Bertz CT molecular complexity index is 545. The van der Waals surface area contributed by atoms with Crippen LogP contribution in [-0.4, -0.2) is 23.5 Å². The van der Waals surface area contributed by atoms with Crippen molar-refractivity contribution in [2.45, 2.75) is 25.7 Å². The third kappa shape index (κ3) is 3.90. The second-order valence-electron chi connectivity index (χ2n) is 5.40. The maximum atomic E-state index is 12.7. The van der Waals surface area contributed by atoms with E-state index in [1.165, 1.54) is 18.2 Å². The van der Waals surface area contributed by atoms with Gasteiger partial charge in [-0.15, -0.1) is 0 Å². The average molecular weight is 291 g/mol. The lowest BCUT2D eigenvalue weighted by atomic mass is 9.86. The minimum Gasteiger partial charge on any atom is -0.481 e. The topological polar surface area (TPSA) is 66.4 Å². The molecule has 1 aromatic carbocycles. The molecule has 0 aliphatic heterocycles. The summed E-state index contributed by atoms with van der Waals surface area (Å²) in [7, 11) is 0. The molecule has 2 N–H and O–H groups in total. The van der Waals surface area contributed by atoms with E-state index in [4.69, 9.17) is 0 Å². The molecule has 0 bridgehead atoms. The van der Waals surface area contributed by atoms with Crippen LogP contribution >= 0.6 is 0 Å². The van der Waals surface area contributed by atoms with Gasteiger partial charge in [0.15, 0.2) is 0 Å². The molecule has 0 saturated heterocycles. The summed E-state index contributed by atoms with van der Waals surface area (Å²) in [5.41, 5.74) is -0.111. The molecule has 0 radical (unpaired) electrons. The van der Waals surface area contributed by atoms with E-state index in [2.05, 4.69) is 5.32 Å². The number of aliphatic carboxylic acids is 1. The summed E-state index contributed by atoms with van der Waals surface area (Å²) in [5, 5.41) is 12.0. The van der Waals surface area contributed by atoms with Crippen molar-refractivity contribution < 1.29 is 19.1 Å².